The van der Waals surface area contributed by atoms with Gasteiger partial charge < -0.3 is 9.84 Å². The Kier molecular flexibility index (Phi) is 4.98. The van der Waals surface area contributed by atoms with Crippen LogP contribution in [0.4, 0.5) is 0 Å². The average molecular weight is 342 g/mol. The fraction of sp³-hybridized carbons (Fsp3) is 0.524. The van der Waals surface area contributed by atoms with Gasteiger partial charge in [0.1, 0.15) is 11.4 Å². The topological polar surface area (TPSA) is 63.6 Å². The largest absolute Gasteiger partial charge is 0.512 e. The maximum absolute atomic E-state index is 11.9. The van der Waals surface area contributed by atoms with Crippen LogP contribution in [0.25, 0.3) is 0 Å². The van der Waals surface area contributed by atoms with E-state index >= 15 is 0 Å². The van der Waals surface area contributed by atoms with Crippen molar-refractivity contribution in [2.75, 3.05) is 0 Å². The van der Waals surface area contributed by atoms with Crippen LogP contribution >= 0.6 is 0 Å². The van der Waals surface area contributed by atoms with Crippen LogP contribution in [0.1, 0.15) is 66.9 Å². The summed E-state index contributed by atoms with van der Waals surface area (Å²) >= 11 is 0. The summed E-state index contributed by atoms with van der Waals surface area (Å²) in [5.41, 5.74) is 2.26. The number of aryl methyl sites for hydroxylation is 2. The molecule has 4 nitrogen and oxygen atoms in total. The third kappa shape index (κ3) is 3.78. The van der Waals surface area contributed by atoms with Crippen LogP contribution in [0.2, 0.25) is 0 Å². The van der Waals surface area contributed by atoms with Gasteiger partial charge in [0.15, 0.2) is 5.78 Å². The SMILES string of the molecule is CC(=O)c1ccc(CCC2(C3CCCC3)CC(O)=CC(=O)O2)cc1C. The van der Waals surface area contributed by atoms with Crippen LogP contribution < -0.4 is 0 Å². The molecule has 134 valence electrons. The molecule has 1 atom stereocenters. The molecule has 0 saturated heterocycles. The van der Waals surface area contributed by atoms with E-state index in [1.54, 1.807) is 6.92 Å². The van der Waals surface area contributed by atoms with Crippen molar-refractivity contribution in [3.05, 3.63) is 46.7 Å². The van der Waals surface area contributed by atoms with Gasteiger partial charge in [-0.3, -0.25) is 4.79 Å². The van der Waals surface area contributed by atoms with E-state index in [-0.39, 0.29) is 11.5 Å². The molecule has 0 amide bonds. The summed E-state index contributed by atoms with van der Waals surface area (Å²) in [5.74, 6) is 0.0812. The molecule has 1 aromatic carbocycles. The fourth-order valence-electron chi connectivity index (χ4n) is 4.41. The lowest BCUT2D eigenvalue weighted by Crippen LogP contribution is -2.44. The van der Waals surface area contributed by atoms with Gasteiger partial charge in [0.2, 0.25) is 0 Å². The first-order valence-electron chi connectivity index (χ1n) is 9.12. The molecule has 1 saturated carbocycles. The highest BCUT2D eigenvalue weighted by atomic mass is 16.6. The molecule has 1 heterocycles. The number of aliphatic hydroxyl groups excluding tert-OH is 1. The van der Waals surface area contributed by atoms with E-state index in [9.17, 15) is 14.7 Å². The van der Waals surface area contributed by atoms with Crippen molar-refractivity contribution < 1.29 is 19.4 Å². The second-order valence-corrected chi connectivity index (χ2v) is 7.49. The Morgan fingerprint density at radius 2 is 2.04 bits per heavy atom. The summed E-state index contributed by atoms with van der Waals surface area (Å²) < 4.78 is 5.81. The summed E-state index contributed by atoms with van der Waals surface area (Å²) in [6.07, 6.45) is 7.45. The molecule has 1 fully saturated rings. The number of esters is 1. The zero-order chi connectivity index (χ0) is 18.0. The zero-order valence-corrected chi connectivity index (χ0v) is 15.0. The van der Waals surface area contributed by atoms with Gasteiger partial charge in [-0.2, -0.15) is 0 Å². The maximum atomic E-state index is 11.9. The Hall–Kier alpha value is -2.10. The molecule has 0 radical (unpaired) electrons. The summed E-state index contributed by atoms with van der Waals surface area (Å²) in [5, 5.41) is 10.0. The predicted molar refractivity (Wildman–Crippen MR) is 95.6 cm³/mol. The van der Waals surface area contributed by atoms with Crippen LogP contribution in [-0.2, 0) is 16.0 Å². The van der Waals surface area contributed by atoms with Crippen molar-refractivity contribution in [1.82, 2.24) is 0 Å². The number of ketones is 1. The number of carbonyl (C=O) groups is 2. The highest BCUT2D eigenvalue weighted by Crippen LogP contribution is 2.44. The predicted octanol–water partition coefficient (Wildman–Crippen LogP) is 4.45. The van der Waals surface area contributed by atoms with E-state index in [1.165, 1.54) is 6.08 Å². The molecule has 0 aromatic heterocycles. The lowest BCUT2D eigenvalue weighted by Gasteiger charge is -2.40. The number of rotatable bonds is 5. The molecule has 1 unspecified atom stereocenters. The minimum Gasteiger partial charge on any atom is -0.512 e. The van der Waals surface area contributed by atoms with E-state index in [0.717, 1.165) is 48.8 Å². The van der Waals surface area contributed by atoms with Crippen LogP contribution in [0.3, 0.4) is 0 Å². The molecular weight excluding hydrogens is 316 g/mol. The fourth-order valence-corrected chi connectivity index (χ4v) is 4.41. The standard InChI is InChI=1S/C21H26O4/c1-14-11-16(7-8-19(14)15(2)22)9-10-21(17-5-3-4-6-17)13-18(23)12-20(24)25-21/h7-8,11-12,17,23H,3-6,9-10,13H2,1-2H3. The Labute approximate surface area is 148 Å². The molecule has 1 aromatic rings. The first-order chi connectivity index (χ1) is 11.9. The van der Waals surface area contributed by atoms with Gasteiger partial charge in [-0.15, -0.1) is 0 Å². The van der Waals surface area contributed by atoms with E-state index in [0.29, 0.717) is 18.8 Å². The normalized spacial score (nSPS) is 24.1. The lowest BCUT2D eigenvalue weighted by molar-refractivity contribution is -0.165. The van der Waals surface area contributed by atoms with Crippen LogP contribution in [0.5, 0.6) is 0 Å². The lowest BCUT2D eigenvalue weighted by atomic mass is 9.77. The second-order valence-electron chi connectivity index (χ2n) is 7.49. The minimum atomic E-state index is -0.598. The van der Waals surface area contributed by atoms with Crippen molar-refractivity contribution in [3.8, 4) is 0 Å². The zero-order valence-electron chi connectivity index (χ0n) is 15.0. The quantitative estimate of drug-likeness (QED) is 0.634. The van der Waals surface area contributed by atoms with E-state index in [2.05, 4.69) is 0 Å². The molecule has 1 aliphatic heterocycles. The second kappa shape index (κ2) is 7.03. The van der Waals surface area contributed by atoms with Crippen molar-refractivity contribution in [1.29, 1.82) is 0 Å². The molecule has 2 aliphatic rings. The molecule has 0 spiro atoms. The van der Waals surface area contributed by atoms with Gasteiger partial charge in [0.25, 0.3) is 0 Å². The number of Topliss-reactive ketones (excluding diaryl/α,β-unsaturated/α-hetero) is 1. The van der Waals surface area contributed by atoms with Gasteiger partial charge in [0, 0.05) is 12.0 Å². The number of cyclic esters (lactones) is 1. The Morgan fingerprint density at radius 1 is 1.32 bits per heavy atom. The molecule has 3 rings (SSSR count). The average Bonchev–Trinajstić information content (AvgIpc) is 3.07. The van der Waals surface area contributed by atoms with Crippen LogP contribution in [0, 0.1) is 12.8 Å². The number of benzene rings is 1. The van der Waals surface area contributed by atoms with E-state index in [1.807, 2.05) is 25.1 Å². The monoisotopic (exact) mass is 342 g/mol. The number of hydrogen-bond donors (Lipinski definition) is 1. The highest BCUT2D eigenvalue weighted by molar-refractivity contribution is 5.95. The molecule has 25 heavy (non-hydrogen) atoms. The molecular formula is C21H26O4. The maximum Gasteiger partial charge on any atom is 0.334 e. The van der Waals surface area contributed by atoms with Crippen LogP contribution in [0.15, 0.2) is 30.0 Å². The summed E-state index contributed by atoms with van der Waals surface area (Å²) in [6, 6.07) is 5.89. The van der Waals surface area contributed by atoms with Gasteiger partial charge in [-0.25, -0.2) is 4.79 Å². The molecule has 1 N–H and O–H groups in total. The van der Waals surface area contributed by atoms with Crippen LogP contribution in [-0.4, -0.2) is 22.5 Å². The number of ether oxygens (including phenoxy) is 1. The summed E-state index contributed by atoms with van der Waals surface area (Å²) in [6.45, 7) is 3.52. The smallest absolute Gasteiger partial charge is 0.334 e. The van der Waals surface area contributed by atoms with E-state index in [4.69, 9.17) is 4.74 Å². The Morgan fingerprint density at radius 3 is 2.64 bits per heavy atom. The molecule has 4 heteroatoms. The third-order valence-electron chi connectivity index (χ3n) is 5.67. The Bertz CT molecular complexity index is 713. The summed E-state index contributed by atoms with van der Waals surface area (Å²) in [7, 11) is 0. The summed E-state index contributed by atoms with van der Waals surface area (Å²) in [4.78, 5) is 23.5. The van der Waals surface area contributed by atoms with E-state index < -0.39 is 11.6 Å². The van der Waals surface area contributed by atoms with Crippen molar-refractivity contribution in [2.24, 2.45) is 5.92 Å². The Balaban J connectivity index is 1.80. The number of carbonyl (C=O) groups excluding carboxylic acids is 2. The third-order valence-corrected chi connectivity index (χ3v) is 5.67. The van der Waals surface area contributed by atoms with Gasteiger partial charge in [0.05, 0.1) is 6.08 Å². The van der Waals surface area contributed by atoms with Crippen molar-refractivity contribution in [3.63, 3.8) is 0 Å². The highest BCUT2D eigenvalue weighted by Gasteiger charge is 2.45. The van der Waals surface area contributed by atoms with Crippen molar-refractivity contribution in [2.45, 2.75) is 64.4 Å². The first-order valence-corrected chi connectivity index (χ1v) is 9.12. The molecule has 0 bridgehead atoms. The van der Waals surface area contributed by atoms with Gasteiger partial charge in [-0.1, -0.05) is 31.0 Å². The van der Waals surface area contributed by atoms with Crippen molar-refractivity contribution >= 4 is 11.8 Å². The van der Waals surface area contributed by atoms with Gasteiger partial charge >= 0.3 is 5.97 Å². The molecule has 1 aliphatic carbocycles. The number of hydrogen-bond acceptors (Lipinski definition) is 4. The van der Waals surface area contributed by atoms with Gasteiger partial charge in [-0.05, 0) is 56.6 Å². The number of aliphatic hydroxyl groups is 1. The minimum absolute atomic E-state index is 0.0720. The first kappa shape index (κ1) is 17.7.